The molecule has 5 heteroatoms. The van der Waals surface area contributed by atoms with Crippen LogP contribution in [0.3, 0.4) is 0 Å². The van der Waals surface area contributed by atoms with Crippen LogP contribution in [0.4, 0.5) is 0 Å². The average molecular weight is 260 g/mol. The van der Waals surface area contributed by atoms with Crippen molar-refractivity contribution >= 4 is 0 Å². The number of aromatic nitrogens is 3. The summed E-state index contributed by atoms with van der Waals surface area (Å²) in [6.07, 6.45) is 6.38. The van der Waals surface area contributed by atoms with Crippen molar-refractivity contribution in [2.75, 3.05) is 13.1 Å². The van der Waals surface area contributed by atoms with Crippen molar-refractivity contribution in [2.24, 2.45) is 0 Å². The molecular weight excluding hydrogens is 240 g/mol. The molecule has 1 fully saturated rings. The van der Waals surface area contributed by atoms with Gasteiger partial charge in [0.2, 0.25) is 11.7 Å². The van der Waals surface area contributed by atoms with Gasteiger partial charge in [0, 0.05) is 12.7 Å². The van der Waals surface area contributed by atoms with Crippen LogP contribution in [0, 0.1) is 0 Å². The summed E-state index contributed by atoms with van der Waals surface area (Å²) < 4.78 is 5.56. The SMILES string of the molecule is CCCC1(c2nc(-c3ccc[nH]3)no2)CCCNC1. The number of rotatable bonds is 4. The van der Waals surface area contributed by atoms with E-state index in [9.17, 15) is 0 Å². The van der Waals surface area contributed by atoms with E-state index in [1.807, 2.05) is 18.3 Å². The van der Waals surface area contributed by atoms with E-state index in [1.165, 1.54) is 6.42 Å². The Morgan fingerprint density at radius 1 is 1.47 bits per heavy atom. The topological polar surface area (TPSA) is 66.7 Å². The third-order valence-electron chi connectivity index (χ3n) is 3.92. The maximum Gasteiger partial charge on any atom is 0.234 e. The van der Waals surface area contributed by atoms with Crippen molar-refractivity contribution in [3.05, 3.63) is 24.2 Å². The van der Waals surface area contributed by atoms with Gasteiger partial charge in [0.15, 0.2) is 0 Å². The standard InChI is InChI=1S/C14H20N4O/c1-2-6-14(7-4-8-15-10-14)13-17-12(18-19-13)11-5-3-9-16-11/h3,5,9,15-16H,2,4,6-8,10H2,1H3. The molecule has 2 N–H and O–H groups in total. The highest BCUT2D eigenvalue weighted by molar-refractivity contribution is 5.48. The van der Waals surface area contributed by atoms with Gasteiger partial charge in [-0.3, -0.25) is 0 Å². The lowest BCUT2D eigenvalue weighted by Crippen LogP contribution is -2.43. The second-order valence-corrected chi connectivity index (χ2v) is 5.32. The van der Waals surface area contributed by atoms with Crippen LogP contribution >= 0.6 is 0 Å². The zero-order valence-corrected chi connectivity index (χ0v) is 11.3. The average Bonchev–Trinajstić information content (AvgIpc) is 3.11. The normalized spacial score (nSPS) is 23.6. The molecule has 102 valence electrons. The van der Waals surface area contributed by atoms with E-state index in [0.717, 1.165) is 43.9 Å². The van der Waals surface area contributed by atoms with Gasteiger partial charge in [0.1, 0.15) is 0 Å². The fourth-order valence-electron chi connectivity index (χ4n) is 2.97. The van der Waals surface area contributed by atoms with Gasteiger partial charge in [-0.05, 0) is 37.9 Å². The second-order valence-electron chi connectivity index (χ2n) is 5.32. The molecular formula is C14H20N4O. The number of hydrogen-bond acceptors (Lipinski definition) is 4. The molecule has 0 aliphatic carbocycles. The highest BCUT2D eigenvalue weighted by Crippen LogP contribution is 2.35. The van der Waals surface area contributed by atoms with Crippen LogP contribution in [0.25, 0.3) is 11.5 Å². The van der Waals surface area contributed by atoms with Gasteiger partial charge in [-0.15, -0.1) is 0 Å². The van der Waals surface area contributed by atoms with Crippen molar-refractivity contribution in [2.45, 2.75) is 38.0 Å². The molecule has 19 heavy (non-hydrogen) atoms. The molecule has 1 aliphatic rings. The monoisotopic (exact) mass is 260 g/mol. The fourth-order valence-corrected chi connectivity index (χ4v) is 2.97. The van der Waals surface area contributed by atoms with E-state index < -0.39 is 0 Å². The highest BCUT2D eigenvalue weighted by atomic mass is 16.5. The van der Waals surface area contributed by atoms with E-state index in [-0.39, 0.29) is 5.41 Å². The Balaban J connectivity index is 1.90. The predicted octanol–water partition coefficient (Wildman–Crippen LogP) is 2.49. The molecule has 0 aromatic carbocycles. The van der Waals surface area contributed by atoms with E-state index in [2.05, 4.69) is 27.4 Å². The lowest BCUT2D eigenvalue weighted by atomic mass is 9.77. The third kappa shape index (κ3) is 2.30. The number of H-pyrrole nitrogens is 1. The minimum absolute atomic E-state index is 0.0187. The van der Waals surface area contributed by atoms with E-state index in [4.69, 9.17) is 4.52 Å². The van der Waals surface area contributed by atoms with Gasteiger partial charge in [0.05, 0.1) is 11.1 Å². The van der Waals surface area contributed by atoms with Gasteiger partial charge >= 0.3 is 0 Å². The second kappa shape index (κ2) is 5.17. The molecule has 0 saturated carbocycles. The van der Waals surface area contributed by atoms with E-state index >= 15 is 0 Å². The smallest absolute Gasteiger partial charge is 0.234 e. The third-order valence-corrected chi connectivity index (χ3v) is 3.92. The molecule has 3 heterocycles. The summed E-state index contributed by atoms with van der Waals surface area (Å²) in [4.78, 5) is 7.73. The quantitative estimate of drug-likeness (QED) is 0.886. The first-order valence-electron chi connectivity index (χ1n) is 7.03. The fraction of sp³-hybridized carbons (Fsp3) is 0.571. The molecule has 1 saturated heterocycles. The molecule has 1 aliphatic heterocycles. The Morgan fingerprint density at radius 3 is 3.11 bits per heavy atom. The molecule has 0 amide bonds. The largest absolute Gasteiger partial charge is 0.359 e. The van der Waals surface area contributed by atoms with E-state index in [0.29, 0.717) is 5.82 Å². The van der Waals surface area contributed by atoms with Gasteiger partial charge in [-0.1, -0.05) is 18.5 Å². The van der Waals surface area contributed by atoms with Crippen LogP contribution in [0.2, 0.25) is 0 Å². The summed E-state index contributed by atoms with van der Waals surface area (Å²) >= 11 is 0. The van der Waals surface area contributed by atoms with Crippen molar-refractivity contribution in [3.63, 3.8) is 0 Å². The van der Waals surface area contributed by atoms with Gasteiger partial charge < -0.3 is 14.8 Å². The number of nitrogens with zero attached hydrogens (tertiary/aromatic N) is 2. The zero-order valence-electron chi connectivity index (χ0n) is 11.3. The Labute approximate surface area is 112 Å². The Kier molecular flexibility index (Phi) is 3.38. The molecule has 0 bridgehead atoms. The molecule has 0 spiro atoms. The lowest BCUT2D eigenvalue weighted by Gasteiger charge is -2.34. The summed E-state index contributed by atoms with van der Waals surface area (Å²) in [5.41, 5.74) is 0.926. The number of aromatic amines is 1. The zero-order chi connectivity index (χ0) is 13.1. The molecule has 1 atom stereocenters. The van der Waals surface area contributed by atoms with E-state index in [1.54, 1.807) is 0 Å². The van der Waals surface area contributed by atoms with Crippen molar-refractivity contribution in [3.8, 4) is 11.5 Å². The predicted molar refractivity (Wildman–Crippen MR) is 72.8 cm³/mol. The van der Waals surface area contributed by atoms with Gasteiger partial charge in [-0.2, -0.15) is 4.98 Å². The maximum atomic E-state index is 5.56. The van der Waals surface area contributed by atoms with Crippen molar-refractivity contribution < 1.29 is 4.52 Å². The summed E-state index contributed by atoms with van der Waals surface area (Å²) in [5.74, 6) is 1.44. The van der Waals surface area contributed by atoms with Crippen LogP contribution in [0.15, 0.2) is 22.9 Å². The molecule has 3 rings (SSSR count). The maximum absolute atomic E-state index is 5.56. The van der Waals surface area contributed by atoms with Gasteiger partial charge in [0.25, 0.3) is 0 Å². The summed E-state index contributed by atoms with van der Waals surface area (Å²) in [5, 5.41) is 7.58. The van der Waals surface area contributed by atoms with Crippen LogP contribution in [0.5, 0.6) is 0 Å². The summed E-state index contributed by atoms with van der Waals surface area (Å²) in [6, 6.07) is 3.90. The Bertz CT molecular complexity index is 506. The first-order valence-corrected chi connectivity index (χ1v) is 7.03. The minimum Gasteiger partial charge on any atom is -0.359 e. The summed E-state index contributed by atoms with van der Waals surface area (Å²) in [7, 11) is 0. The Morgan fingerprint density at radius 2 is 2.42 bits per heavy atom. The Hall–Kier alpha value is -1.62. The van der Waals surface area contributed by atoms with Crippen LogP contribution < -0.4 is 5.32 Å². The minimum atomic E-state index is 0.0187. The van der Waals surface area contributed by atoms with Crippen LogP contribution in [-0.2, 0) is 5.41 Å². The highest BCUT2D eigenvalue weighted by Gasteiger charge is 2.38. The van der Waals surface area contributed by atoms with Crippen molar-refractivity contribution in [1.29, 1.82) is 0 Å². The number of hydrogen-bond donors (Lipinski definition) is 2. The van der Waals surface area contributed by atoms with Crippen molar-refractivity contribution in [1.82, 2.24) is 20.4 Å². The number of nitrogens with one attached hydrogen (secondary N) is 2. The first-order chi connectivity index (χ1) is 9.34. The molecule has 1 unspecified atom stereocenters. The van der Waals surface area contributed by atoms with Crippen LogP contribution in [0.1, 0.15) is 38.5 Å². The first kappa shape index (κ1) is 12.4. The molecule has 2 aromatic rings. The number of piperidine rings is 1. The van der Waals surface area contributed by atoms with Gasteiger partial charge in [-0.25, -0.2) is 0 Å². The molecule has 5 nitrogen and oxygen atoms in total. The molecule has 0 radical (unpaired) electrons. The summed E-state index contributed by atoms with van der Waals surface area (Å²) in [6.45, 7) is 4.23. The van der Waals surface area contributed by atoms with Crippen LogP contribution in [-0.4, -0.2) is 28.2 Å². The molecule has 2 aromatic heterocycles. The lowest BCUT2D eigenvalue weighted by molar-refractivity contribution is 0.213.